The molecule has 0 radical (unpaired) electrons. The zero-order valence-corrected chi connectivity index (χ0v) is 13.5. The fourth-order valence-corrected chi connectivity index (χ4v) is 4.02. The van der Waals surface area contributed by atoms with Crippen LogP contribution in [0.2, 0.25) is 0 Å². The number of rotatable bonds is 3. The molecule has 120 valence electrons. The monoisotopic (exact) mass is 331 g/mol. The largest absolute Gasteiger partial charge is 0.323 e. The molecule has 6 nitrogen and oxygen atoms in total. The number of carbonyl (C=O) groups excluding carboxylic acids is 1. The number of aryl methyl sites for hydroxylation is 1. The van der Waals surface area contributed by atoms with Crippen LogP contribution >= 0.6 is 0 Å². The molecule has 1 amide bonds. The summed E-state index contributed by atoms with van der Waals surface area (Å²) in [6.07, 6.45) is 5.36. The highest BCUT2D eigenvalue weighted by atomic mass is 32.2. The SMILES string of the molecule is CS(=O)(=O)N1c2ccccc2CCC1C(=O)Nc1cccnc1. The Morgan fingerprint density at radius 3 is 2.74 bits per heavy atom. The van der Waals surface area contributed by atoms with E-state index >= 15 is 0 Å². The number of amides is 1. The Morgan fingerprint density at radius 1 is 1.26 bits per heavy atom. The number of fused-ring (bicyclic) bond motifs is 1. The Kier molecular flexibility index (Phi) is 4.04. The van der Waals surface area contributed by atoms with Crippen molar-refractivity contribution >= 4 is 27.3 Å². The first-order valence-corrected chi connectivity index (χ1v) is 9.10. The van der Waals surface area contributed by atoms with Crippen LogP contribution in [0, 0.1) is 0 Å². The summed E-state index contributed by atoms with van der Waals surface area (Å²) >= 11 is 0. The molecule has 1 aliphatic heterocycles. The Morgan fingerprint density at radius 2 is 2.04 bits per heavy atom. The summed E-state index contributed by atoms with van der Waals surface area (Å²) < 4.78 is 25.7. The second-order valence-electron chi connectivity index (χ2n) is 5.47. The van der Waals surface area contributed by atoms with Gasteiger partial charge in [0, 0.05) is 6.20 Å². The maximum Gasteiger partial charge on any atom is 0.248 e. The molecule has 1 aromatic carbocycles. The minimum Gasteiger partial charge on any atom is -0.323 e. The van der Waals surface area contributed by atoms with Crippen molar-refractivity contribution in [2.75, 3.05) is 15.9 Å². The van der Waals surface area contributed by atoms with Crippen LogP contribution in [0.1, 0.15) is 12.0 Å². The molecule has 7 heteroatoms. The van der Waals surface area contributed by atoms with E-state index in [0.29, 0.717) is 24.2 Å². The summed E-state index contributed by atoms with van der Waals surface area (Å²) in [4.78, 5) is 16.5. The van der Waals surface area contributed by atoms with E-state index in [1.807, 2.05) is 12.1 Å². The lowest BCUT2D eigenvalue weighted by Crippen LogP contribution is -2.49. The van der Waals surface area contributed by atoms with Crippen LogP contribution in [-0.4, -0.2) is 31.6 Å². The minimum absolute atomic E-state index is 0.349. The van der Waals surface area contributed by atoms with Gasteiger partial charge in [0.25, 0.3) is 0 Å². The molecule has 1 N–H and O–H groups in total. The van der Waals surface area contributed by atoms with Crippen LogP contribution in [0.25, 0.3) is 0 Å². The van der Waals surface area contributed by atoms with Gasteiger partial charge in [-0.15, -0.1) is 0 Å². The number of sulfonamides is 1. The highest BCUT2D eigenvalue weighted by Gasteiger charge is 2.36. The van der Waals surface area contributed by atoms with E-state index in [0.717, 1.165) is 11.8 Å². The van der Waals surface area contributed by atoms with Gasteiger partial charge in [-0.1, -0.05) is 18.2 Å². The maximum absolute atomic E-state index is 12.6. The predicted molar refractivity (Wildman–Crippen MR) is 88.7 cm³/mol. The Hall–Kier alpha value is -2.41. The van der Waals surface area contributed by atoms with Gasteiger partial charge in [0.1, 0.15) is 6.04 Å². The van der Waals surface area contributed by atoms with Gasteiger partial charge < -0.3 is 5.32 Å². The number of anilines is 2. The fraction of sp³-hybridized carbons (Fsp3) is 0.250. The van der Waals surface area contributed by atoms with Crippen LogP contribution < -0.4 is 9.62 Å². The third kappa shape index (κ3) is 3.19. The quantitative estimate of drug-likeness (QED) is 0.930. The molecule has 0 saturated carbocycles. The van der Waals surface area contributed by atoms with Crippen LogP contribution in [0.15, 0.2) is 48.8 Å². The second-order valence-corrected chi connectivity index (χ2v) is 7.33. The zero-order chi connectivity index (χ0) is 16.4. The average molecular weight is 331 g/mol. The normalized spacial score (nSPS) is 17.4. The van der Waals surface area contributed by atoms with Gasteiger partial charge in [0.05, 0.1) is 23.8 Å². The van der Waals surface area contributed by atoms with Crippen molar-refractivity contribution < 1.29 is 13.2 Å². The first-order chi connectivity index (χ1) is 11.0. The van der Waals surface area contributed by atoms with Gasteiger partial charge in [-0.2, -0.15) is 0 Å². The first kappa shape index (κ1) is 15.5. The molecule has 0 saturated heterocycles. The van der Waals surface area contributed by atoms with Crippen LogP contribution in [-0.2, 0) is 21.2 Å². The van der Waals surface area contributed by atoms with E-state index in [4.69, 9.17) is 0 Å². The molecule has 3 rings (SSSR count). The zero-order valence-electron chi connectivity index (χ0n) is 12.6. The number of aromatic nitrogens is 1. The van der Waals surface area contributed by atoms with Crippen molar-refractivity contribution in [1.82, 2.24) is 4.98 Å². The number of hydrogen-bond acceptors (Lipinski definition) is 4. The van der Waals surface area contributed by atoms with E-state index < -0.39 is 16.1 Å². The van der Waals surface area contributed by atoms with E-state index in [1.165, 1.54) is 10.5 Å². The lowest BCUT2D eigenvalue weighted by molar-refractivity contribution is -0.117. The average Bonchev–Trinajstić information content (AvgIpc) is 2.53. The molecular formula is C16H17N3O3S. The Bertz CT molecular complexity index is 821. The van der Waals surface area contributed by atoms with E-state index in [2.05, 4.69) is 10.3 Å². The van der Waals surface area contributed by atoms with Crippen molar-refractivity contribution in [3.63, 3.8) is 0 Å². The van der Waals surface area contributed by atoms with Gasteiger partial charge in [-0.05, 0) is 36.6 Å². The lowest BCUT2D eigenvalue weighted by Gasteiger charge is -2.35. The third-order valence-corrected chi connectivity index (χ3v) is 4.95. The van der Waals surface area contributed by atoms with Gasteiger partial charge in [-0.3, -0.25) is 14.1 Å². The van der Waals surface area contributed by atoms with Crippen molar-refractivity contribution in [3.8, 4) is 0 Å². The third-order valence-electron chi connectivity index (χ3n) is 3.79. The fourth-order valence-electron chi connectivity index (χ4n) is 2.82. The number of para-hydroxylation sites is 1. The van der Waals surface area contributed by atoms with Crippen molar-refractivity contribution in [3.05, 3.63) is 54.4 Å². The maximum atomic E-state index is 12.6. The molecular weight excluding hydrogens is 314 g/mol. The molecule has 2 heterocycles. The second kappa shape index (κ2) is 6.00. The molecule has 1 aromatic heterocycles. The summed E-state index contributed by atoms with van der Waals surface area (Å²) in [6.45, 7) is 0. The molecule has 0 bridgehead atoms. The minimum atomic E-state index is -3.57. The summed E-state index contributed by atoms with van der Waals surface area (Å²) in [6, 6.07) is 9.93. The van der Waals surface area contributed by atoms with Crippen molar-refractivity contribution in [1.29, 1.82) is 0 Å². The van der Waals surface area contributed by atoms with Crippen LogP contribution in [0.4, 0.5) is 11.4 Å². The number of benzene rings is 1. The summed E-state index contributed by atoms with van der Waals surface area (Å²) in [5, 5.41) is 2.74. The molecule has 0 fully saturated rings. The smallest absolute Gasteiger partial charge is 0.248 e. The van der Waals surface area contributed by atoms with Gasteiger partial charge >= 0.3 is 0 Å². The van der Waals surface area contributed by atoms with Crippen LogP contribution in [0.5, 0.6) is 0 Å². The molecule has 0 spiro atoms. The molecule has 23 heavy (non-hydrogen) atoms. The van der Waals surface area contributed by atoms with E-state index in [-0.39, 0.29) is 5.91 Å². The lowest BCUT2D eigenvalue weighted by atomic mass is 9.97. The van der Waals surface area contributed by atoms with E-state index in [9.17, 15) is 13.2 Å². The highest BCUT2D eigenvalue weighted by molar-refractivity contribution is 7.92. The molecule has 1 unspecified atom stereocenters. The Labute approximate surface area is 135 Å². The van der Waals surface area contributed by atoms with E-state index in [1.54, 1.807) is 30.5 Å². The molecule has 2 aromatic rings. The molecule has 1 aliphatic rings. The topological polar surface area (TPSA) is 79.4 Å². The first-order valence-electron chi connectivity index (χ1n) is 7.25. The van der Waals surface area contributed by atoms with Crippen molar-refractivity contribution in [2.45, 2.75) is 18.9 Å². The molecule has 1 atom stereocenters. The number of pyridine rings is 1. The van der Waals surface area contributed by atoms with Crippen LogP contribution in [0.3, 0.4) is 0 Å². The number of hydrogen-bond donors (Lipinski definition) is 1. The van der Waals surface area contributed by atoms with Crippen molar-refractivity contribution in [2.24, 2.45) is 0 Å². The van der Waals surface area contributed by atoms with Gasteiger partial charge in [-0.25, -0.2) is 8.42 Å². The Balaban J connectivity index is 1.94. The summed E-state index contributed by atoms with van der Waals surface area (Å²) in [5.41, 5.74) is 2.06. The predicted octanol–water partition coefficient (Wildman–Crippen LogP) is 1.80. The van der Waals surface area contributed by atoms with Gasteiger partial charge in [0.2, 0.25) is 15.9 Å². The number of nitrogens with zero attached hydrogens (tertiary/aromatic N) is 2. The summed E-state index contributed by atoms with van der Waals surface area (Å²) in [7, 11) is -3.57. The standard InChI is InChI=1S/C16H17N3O3S/c1-23(21,22)19-14-7-3-2-5-12(14)8-9-15(19)16(20)18-13-6-4-10-17-11-13/h2-7,10-11,15H,8-9H2,1H3,(H,18,20). The number of carbonyl (C=O) groups is 1. The van der Waals surface area contributed by atoms with Gasteiger partial charge in [0.15, 0.2) is 0 Å². The molecule has 0 aliphatic carbocycles. The number of nitrogens with one attached hydrogen (secondary N) is 1. The highest BCUT2D eigenvalue weighted by Crippen LogP contribution is 2.33. The summed E-state index contributed by atoms with van der Waals surface area (Å²) in [5.74, 6) is -0.349.